The molecule has 6 nitrogen and oxygen atoms in total. The maximum atomic E-state index is 11.6. The summed E-state index contributed by atoms with van der Waals surface area (Å²) in [4.78, 5) is 22.2. The lowest BCUT2D eigenvalue weighted by atomic mass is 10.1. The molecule has 1 fully saturated rings. The first kappa shape index (κ1) is 27.1. The van der Waals surface area contributed by atoms with Crippen molar-refractivity contribution in [3.05, 3.63) is 36.5 Å². The van der Waals surface area contributed by atoms with Gasteiger partial charge in [0.25, 0.3) is 0 Å². The fraction of sp³-hybridized carbons (Fsp3) is 0.680. The van der Waals surface area contributed by atoms with Crippen LogP contribution < -0.4 is 0 Å². The molecule has 1 rings (SSSR count). The summed E-state index contributed by atoms with van der Waals surface area (Å²) in [5.41, 5.74) is 0. The molecule has 0 spiro atoms. The first-order valence-electron chi connectivity index (χ1n) is 11.6. The maximum absolute atomic E-state index is 11.6. The summed E-state index contributed by atoms with van der Waals surface area (Å²) in [6.07, 6.45) is 22.5. The van der Waals surface area contributed by atoms with Crippen LogP contribution in [0, 0.1) is 0 Å². The van der Waals surface area contributed by atoms with Crippen LogP contribution in [-0.2, 0) is 23.8 Å². The van der Waals surface area contributed by atoms with Gasteiger partial charge in [-0.2, -0.15) is 0 Å². The highest BCUT2D eigenvalue weighted by atomic mass is 16.6. The van der Waals surface area contributed by atoms with Crippen LogP contribution in [0.15, 0.2) is 36.5 Å². The quantitative estimate of drug-likeness (QED) is 0.144. The van der Waals surface area contributed by atoms with Crippen LogP contribution in [-0.4, -0.2) is 48.6 Å². The van der Waals surface area contributed by atoms with E-state index >= 15 is 0 Å². The second kappa shape index (κ2) is 17.7. The number of esters is 2. The fourth-order valence-corrected chi connectivity index (χ4v) is 2.96. The standard InChI is InChI=1S/C25H40O6/c1-3-4-5-6-10-13-16-23-24(31-23)17-14-11-8-7-9-12-15-18-25(28)30-20-22(27)19-29-21(2)26/h7,9-11,13-14,22-24,27H,3-6,8,12,15-20H2,1-2H3/b9-7-,13-10-,14-11-/t22-,23?,24?/m0/s1. The molecule has 1 N–H and O–H groups in total. The zero-order valence-corrected chi connectivity index (χ0v) is 19.2. The molecule has 0 radical (unpaired) electrons. The van der Waals surface area contributed by atoms with E-state index in [0.29, 0.717) is 25.0 Å². The summed E-state index contributed by atoms with van der Waals surface area (Å²) in [6, 6.07) is 0. The molecule has 3 atom stereocenters. The molecule has 0 saturated carbocycles. The molecule has 0 amide bonds. The molecule has 1 saturated heterocycles. The number of epoxide rings is 1. The van der Waals surface area contributed by atoms with E-state index in [1.165, 1.54) is 32.6 Å². The van der Waals surface area contributed by atoms with Gasteiger partial charge in [-0.1, -0.05) is 56.2 Å². The predicted molar refractivity (Wildman–Crippen MR) is 122 cm³/mol. The Kier molecular flexibility index (Phi) is 15.5. The third-order valence-corrected chi connectivity index (χ3v) is 4.84. The monoisotopic (exact) mass is 436 g/mol. The number of hydrogen-bond donors (Lipinski definition) is 1. The molecular formula is C25H40O6. The Morgan fingerprint density at radius 1 is 0.903 bits per heavy atom. The maximum Gasteiger partial charge on any atom is 0.305 e. The summed E-state index contributed by atoms with van der Waals surface area (Å²) in [7, 11) is 0. The number of aliphatic hydroxyl groups is 1. The number of rotatable bonds is 18. The molecule has 1 heterocycles. The van der Waals surface area contributed by atoms with E-state index in [9.17, 15) is 14.7 Å². The molecule has 0 aromatic rings. The van der Waals surface area contributed by atoms with Crippen molar-refractivity contribution in [3.8, 4) is 0 Å². The van der Waals surface area contributed by atoms with Gasteiger partial charge in [0.1, 0.15) is 19.3 Å². The van der Waals surface area contributed by atoms with E-state index in [0.717, 1.165) is 25.7 Å². The number of carbonyl (C=O) groups excluding carboxylic acids is 2. The molecule has 2 unspecified atom stereocenters. The lowest BCUT2D eigenvalue weighted by Crippen LogP contribution is -2.24. The van der Waals surface area contributed by atoms with Gasteiger partial charge in [0, 0.05) is 13.3 Å². The van der Waals surface area contributed by atoms with Crippen molar-refractivity contribution in [1.82, 2.24) is 0 Å². The lowest BCUT2D eigenvalue weighted by Gasteiger charge is -2.10. The molecule has 1 aliphatic heterocycles. The van der Waals surface area contributed by atoms with Crippen LogP contribution in [0.2, 0.25) is 0 Å². The largest absolute Gasteiger partial charge is 0.463 e. The molecule has 1 aliphatic rings. The van der Waals surface area contributed by atoms with Gasteiger partial charge in [0.05, 0.1) is 12.2 Å². The smallest absolute Gasteiger partial charge is 0.305 e. The summed E-state index contributed by atoms with van der Waals surface area (Å²) >= 11 is 0. The summed E-state index contributed by atoms with van der Waals surface area (Å²) in [5.74, 6) is -0.831. The minimum Gasteiger partial charge on any atom is -0.463 e. The highest BCUT2D eigenvalue weighted by molar-refractivity contribution is 5.69. The van der Waals surface area contributed by atoms with Gasteiger partial charge in [0.2, 0.25) is 0 Å². The molecule has 6 heteroatoms. The second-order valence-electron chi connectivity index (χ2n) is 7.86. The molecule has 0 bridgehead atoms. The van der Waals surface area contributed by atoms with Crippen LogP contribution in [0.25, 0.3) is 0 Å². The van der Waals surface area contributed by atoms with E-state index in [-0.39, 0.29) is 19.2 Å². The van der Waals surface area contributed by atoms with Crippen molar-refractivity contribution in [2.75, 3.05) is 13.2 Å². The zero-order chi connectivity index (χ0) is 22.7. The summed E-state index contributed by atoms with van der Waals surface area (Å²) < 4.78 is 15.3. The Morgan fingerprint density at radius 3 is 2.23 bits per heavy atom. The van der Waals surface area contributed by atoms with Crippen molar-refractivity contribution in [2.45, 2.75) is 96.4 Å². The van der Waals surface area contributed by atoms with Gasteiger partial charge < -0.3 is 19.3 Å². The Hall–Kier alpha value is -1.92. The van der Waals surface area contributed by atoms with Crippen LogP contribution in [0.3, 0.4) is 0 Å². The first-order chi connectivity index (χ1) is 15.0. The van der Waals surface area contributed by atoms with E-state index < -0.39 is 12.1 Å². The predicted octanol–water partition coefficient (Wildman–Crippen LogP) is 4.81. The van der Waals surface area contributed by atoms with Gasteiger partial charge in [-0.3, -0.25) is 9.59 Å². The van der Waals surface area contributed by atoms with Gasteiger partial charge in [-0.25, -0.2) is 0 Å². The Labute approximate surface area is 187 Å². The van der Waals surface area contributed by atoms with E-state index in [2.05, 4.69) is 48.1 Å². The van der Waals surface area contributed by atoms with Gasteiger partial charge in [0.15, 0.2) is 0 Å². The lowest BCUT2D eigenvalue weighted by molar-refractivity contribution is -0.151. The number of unbranched alkanes of at least 4 members (excludes halogenated alkanes) is 4. The van der Waals surface area contributed by atoms with Crippen LogP contribution >= 0.6 is 0 Å². The summed E-state index contributed by atoms with van der Waals surface area (Å²) in [6.45, 7) is 3.16. The number of hydrogen-bond acceptors (Lipinski definition) is 6. The van der Waals surface area contributed by atoms with Crippen LogP contribution in [0.4, 0.5) is 0 Å². The molecule has 31 heavy (non-hydrogen) atoms. The molecule has 176 valence electrons. The number of allylic oxidation sites excluding steroid dienone is 4. The Bertz CT molecular complexity index is 581. The third kappa shape index (κ3) is 16.4. The van der Waals surface area contributed by atoms with Crippen LogP contribution in [0.1, 0.15) is 78.1 Å². The van der Waals surface area contributed by atoms with E-state index in [4.69, 9.17) is 9.47 Å². The van der Waals surface area contributed by atoms with E-state index in [1.54, 1.807) is 0 Å². The fourth-order valence-electron chi connectivity index (χ4n) is 2.96. The number of ether oxygens (including phenoxy) is 3. The minimum absolute atomic E-state index is 0.159. The van der Waals surface area contributed by atoms with Gasteiger partial charge >= 0.3 is 11.9 Å². The van der Waals surface area contributed by atoms with Crippen molar-refractivity contribution in [3.63, 3.8) is 0 Å². The highest BCUT2D eigenvalue weighted by Gasteiger charge is 2.35. The average molecular weight is 437 g/mol. The van der Waals surface area contributed by atoms with Crippen molar-refractivity contribution < 1.29 is 28.9 Å². The number of carbonyl (C=O) groups is 2. The average Bonchev–Trinajstić information content (AvgIpc) is 3.50. The van der Waals surface area contributed by atoms with Crippen LogP contribution in [0.5, 0.6) is 0 Å². The van der Waals surface area contributed by atoms with Crippen molar-refractivity contribution in [2.24, 2.45) is 0 Å². The van der Waals surface area contributed by atoms with Crippen molar-refractivity contribution >= 4 is 11.9 Å². The molecule has 0 aliphatic carbocycles. The number of aliphatic hydroxyl groups excluding tert-OH is 1. The van der Waals surface area contributed by atoms with Crippen molar-refractivity contribution in [1.29, 1.82) is 0 Å². The topological polar surface area (TPSA) is 85.4 Å². The molecule has 0 aromatic carbocycles. The van der Waals surface area contributed by atoms with Gasteiger partial charge in [-0.05, 0) is 44.9 Å². The Balaban J connectivity index is 1.93. The second-order valence-corrected chi connectivity index (χ2v) is 7.86. The van der Waals surface area contributed by atoms with Gasteiger partial charge in [-0.15, -0.1) is 0 Å². The SMILES string of the molecule is CCCCC/C=C\CC1OC1C/C=C\C/C=C\CCCC(=O)OC[C@@H](O)COC(C)=O. The minimum atomic E-state index is -0.983. The Morgan fingerprint density at radius 2 is 1.52 bits per heavy atom. The normalized spacial score (nSPS) is 19.3. The summed E-state index contributed by atoms with van der Waals surface area (Å²) in [5, 5.41) is 9.50. The third-order valence-electron chi connectivity index (χ3n) is 4.84. The zero-order valence-electron chi connectivity index (χ0n) is 19.2. The highest BCUT2D eigenvalue weighted by Crippen LogP contribution is 2.29. The van der Waals surface area contributed by atoms with E-state index in [1.807, 2.05) is 0 Å². The first-order valence-corrected chi connectivity index (χ1v) is 11.6. The molecular weight excluding hydrogens is 396 g/mol. The molecule has 0 aromatic heterocycles.